The zero-order chi connectivity index (χ0) is 17.7. The first-order chi connectivity index (χ1) is 12.7. The van der Waals surface area contributed by atoms with E-state index in [4.69, 9.17) is 5.11 Å². The van der Waals surface area contributed by atoms with Crippen LogP contribution in [0.3, 0.4) is 0 Å². The van der Waals surface area contributed by atoms with Gasteiger partial charge in [0, 0.05) is 11.3 Å². The van der Waals surface area contributed by atoms with Crippen molar-refractivity contribution in [3.63, 3.8) is 0 Å². The second kappa shape index (κ2) is 6.35. The van der Waals surface area contributed by atoms with Crippen LogP contribution in [0.15, 0.2) is 39.9 Å². The fraction of sp³-hybridized carbons (Fsp3) is 0.389. The minimum Gasteiger partial charge on any atom is -0.478 e. The number of nitrogens with zero attached hydrogens (tertiary/aromatic N) is 4. The van der Waals surface area contributed by atoms with Crippen LogP contribution in [0.1, 0.15) is 65.1 Å². The minimum absolute atomic E-state index is 0.0833. The van der Waals surface area contributed by atoms with Gasteiger partial charge in [-0.25, -0.2) is 9.47 Å². The highest BCUT2D eigenvalue weighted by Crippen LogP contribution is 2.52. The molecule has 1 fully saturated rings. The lowest BCUT2D eigenvalue weighted by Gasteiger charge is -2.28. The van der Waals surface area contributed by atoms with Crippen molar-refractivity contribution in [1.82, 2.24) is 14.9 Å². The van der Waals surface area contributed by atoms with Gasteiger partial charge in [-0.05, 0) is 42.3 Å². The molecule has 1 aliphatic carbocycles. The number of fused-ring (bicyclic) bond motifs is 3. The molecule has 0 saturated heterocycles. The summed E-state index contributed by atoms with van der Waals surface area (Å²) in [5.41, 5.74) is 1.40. The molecule has 2 aromatic rings. The summed E-state index contributed by atoms with van der Waals surface area (Å²) in [7, 11) is 0. The Bertz CT molecular complexity index is 887. The van der Waals surface area contributed by atoms with E-state index in [0.717, 1.165) is 16.5 Å². The summed E-state index contributed by atoms with van der Waals surface area (Å²) < 4.78 is 2.20. The van der Waals surface area contributed by atoms with Gasteiger partial charge in [0.15, 0.2) is 5.82 Å². The fourth-order valence-corrected chi connectivity index (χ4v) is 6.12. The van der Waals surface area contributed by atoms with E-state index in [1.54, 1.807) is 35.7 Å². The SMILES string of the molecule is O=C(O)c1ccc([C@@H]2SC=C3Sc4nnc(C5CCCCC5)n4N32)cc1. The molecule has 1 saturated carbocycles. The number of hydrogen-bond acceptors (Lipinski definition) is 6. The lowest BCUT2D eigenvalue weighted by atomic mass is 9.89. The summed E-state index contributed by atoms with van der Waals surface area (Å²) in [6.45, 7) is 0. The van der Waals surface area contributed by atoms with Crippen LogP contribution in [0.4, 0.5) is 0 Å². The molecule has 0 radical (unpaired) electrons. The molecular weight excluding hydrogens is 368 g/mol. The third-order valence-corrected chi connectivity index (χ3v) is 7.40. The van der Waals surface area contributed by atoms with Crippen molar-refractivity contribution in [1.29, 1.82) is 0 Å². The van der Waals surface area contributed by atoms with Crippen LogP contribution in [0.5, 0.6) is 0 Å². The topological polar surface area (TPSA) is 71.2 Å². The minimum atomic E-state index is -0.896. The molecule has 26 heavy (non-hydrogen) atoms. The third-order valence-electron chi connectivity index (χ3n) is 5.21. The van der Waals surface area contributed by atoms with Crippen LogP contribution in [-0.4, -0.2) is 25.9 Å². The summed E-state index contributed by atoms with van der Waals surface area (Å²) in [4.78, 5) is 11.1. The maximum Gasteiger partial charge on any atom is 0.335 e. The molecule has 2 aliphatic heterocycles. The zero-order valence-corrected chi connectivity index (χ0v) is 15.7. The van der Waals surface area contributed by atoms with E-state index in [2.05, 4.69) is 25.3 Å². The van der Waals surface area contributed by atoms with Crippen LogP contribution in [0.2, 0.25) is 0 Å². The molecule has 3 heterocycles. The van der Waals surface area contributed by atoms with Crippen LogP contribution >= 0.6 is 23.5 Å². The van der Waals surface area contributed by atoms with Crippen LogP contribution in [-0.2, 0) is 0 Å². The number of thioether (sulfide) groups is 2. The number of aromatic carboxylic acids is 1. The van der Waals surface area contributed by atoms with Gasteiger partial charge in [0.05, 0.1) is 5.56 Å². The molecular formula is C18H18N4O2S2. The van der Waals surface area contributed by atoms with Crippen molar-refractivity contribution >= 4 is 29.5 Å². The average Bonchev–Trinajstić information content (AvgIpc) is 3.33. The Morgan fingerprint density at radius 3 is 2.62 bits per heavy atom. The molecule has 5 rings (SSSR count). The number of benzene rings is 1. The first kappa shape index (κ1) is 16.3. The number of aromatic nitrogens is 3. The van der Waals surface area contributed by atoms with E-state index in [1.807, 2.05) is 12.1 Å². The van der Waals surface area contributed by atoms with Crippen LogP contribution in [0.25, 0.3) is 0 Å². The normalized spacial score (nSPS) is 22.2. The van der Waals surface area contributed by atoms with Gasteiger partial charge < -0.3 is 5.11 Å². The highest BCUT2D eigenvalue weighted by molar-refractivity contribution is 8.07. The zero-order valence-electron chi connectivity index (χ0n) is 14.0. The monoisotopic (exact) mass is 386 g/mol. The standard InChI is InChI=1S/C18H18N4O2S2/c23-17(24)13-8-6-12(7-9-13)16-21-14(10-25-16)26-18-20-19-15(22(18)21)11-4-2-1-3-5-11/h6-11,16H,1-5H2,(H,23,24)/t16-/m0/s1. The number of carboxylic acids is 1. The smallest absolute Gasteiger partial charge is 0.335 e. The van der Waals surface area contributed by atoms with E-state index in [1.165, 1.54) is 37.1 Å². The summed E-state index contributed by atoms with van der Waals surface area (Å²) in [5, 5.41) is 24.7. The van der Waals surface area contributed by atoms with Gasteiger partial charge in [0.2, 0.25) is 5.16 Å². The first-order valence-corrected chi connectivity index (χ1v) is 10.6. The molecule has 134 valence electrons. The second-order valence-electron chi connectivity index (χ2n) is 6.81. The molecule has 1 aromatic carbocycles. The van der Waals surface area contributed by atoms with Gasteiger partial charge in [-0.2, -0.15) is 0 Å². The Balaban J connectivity index is 1.49. The fourth-order valence-electron chi connectivity index (χ4n) is 3.89. The van der Waals surface area contributed by atoms with Crippen molar-refractivity contribution < 1.29 is 9.90 Å². The predicted octanol–water partition coefficient (Wildman–Crippen LogP) is 4.31. The van der Waals surface area contributed by atoms with Gasteiger partial charge in [0.1, 0.15) is 10.4 Å². The highest BCUT2D eigenvalue weighted by Gasteiger charge is 2.41. The Kier molecular flexibility index (Phi) is 3.97. The number of carbonyl (C=O) groups is 1. The van der Waals surface area contributed by atoms with Crippen molar-refractivity contribution in [2.75, 3.05) is 5.01 Å². The summed E-state index contributed by atoms with van der Waals surface area (Å²) in [6.07, 6.45) is 6.20. The summed E-state index contributed by atoms with van der Waals surface area (Å²) in [6, 6.07) is 7.17. The Morgan fingerprint density at radius 1 is 1.12 bits per heavy atom. The van der Waals surface area contributed by atoms with Gasteiger partial charge in [-0.3, -0.25) is 5.01 Å². The van der Waals surface area contributed by atoms with Crippen LogP contribution in [0, 0.1) is 0 Å². The molecule has 0 bridgehead atoms. The van der Waals surface area contributed by atoms with Gasteiger partial charge in [-0.15, -0.1) is 10.2 Å². The third kappa shape index (κ3) is 2.54. The molecule has 3 aliphatic rings. The number of carboxylic acid groups (broad SMARTS) is 1. The van der Waals surface area contributed by atoms with Crippen molar-refractivity contribution in [3.8, 4) is 0 Å². The van der Waals surface area contributed by atoms with Crippen molar-refractivity contribution in [2.24, 2.45) is 0 Å². The predicted molar refractivity (Wildman–Crippen MR) is 102 cm³/mol. The maximum atomic E-state index is 11.1. The largest absolute Gasteiger partial charge is 0.478 e. The Hall–Kier alpha value is -1.93. The van der Waals surface area contributed by atoms with E-state index < -0.39 is 5.97 Å². The molecule has 1 aromatic heterocycles. The second-order valence-corrected chi connectivity index (χ2v) is 8.75. The molecule has 0 spiro atoms. The Labute approximate surface area is 159 Å². The van der Waals surface area contributed by atoms with E-state index in [0.29, 0.717) is 11.5 Å². The average molecular weight is 387 g/mol. The lowest BCUT2D eigenvalue weighted by Crippen LogP contribution is -2.31. The number of rotatable bonds is 3. The molecule has 1 atom stereocenters. The van der Waals surface area contributed by atoms with E-state index in [9.17, 15) is 4.79 Å². The Morgan fingerprint density at radius 2 is 1.88 bits per heavy atom. The van der Waals surface area contributed by atoms with E-state index in [-0.39, 0.29) is 5.37 Å². The summed E-state index contributed by atoms with van der Waals surface area (Å²) in [5.74, 6) is 0.655. The maximum absolute atomic E-state index is 11.1. The van der Waals surface area contributed by atoms with Crippen LogP contribution < -0.4 is 5.01 Å². The first-order valence-electron chi connectivity index (χ1n) is 8.84. The molecule has 1 N–H and O–H groups in total. The number of hydrogen-bond donors (Lipinski definition) is 1. The lowest BCUT2D eigenvalue weighted by molar-refractivity contribution is 0.0697. The van der Waals surface area contributed by atoms with Gasteiger partial charge >= 0.3 is 5.97 Å². The van der Waals surface area contributed by atoms with Gasteiger partial charge in [0.25, 0.3) is 0 Å². The molecule has 8 heteroatoms. The van der Waals surface area contributed by atoms with Gasteiger partial charge in [-0.1, -0.05) is 43.2 Å². The quantitative estimate of drug-likeness (QED) is 0.842. The highest BCUT2D eigenvalue weighted by atomic mass is 32.2. The molecule has 0 unspecified atom stereocenters. The van der Waals surface area contributed by atoms with Crippen molar-refractivity contribution in [3.05, 3.63) is 51.7 Å². The molecule has 0 amide bonds. The summed E-state index contributed by atoms with van der Waals surface area (Å²) >= 11 is 3.40. The van der Waals surface area contributed by atoms with Crippen molar-refractivity contribution in [2.45, 2.75) is 48.6 Å². The molecule has 6 nitrogen and oxygen atoms in total. The van der Waals surface area contributed by atoms with E-state index >= 15 is 0 Å².